The van der Waals surface area contributed by atoms with Crippen LogP contribution in [0.1, 0.15) is 15.9 Å². The van der Waals surface area contributed by atoms with Crippen LogP contribution in [0.4, 0.5) is 5.69 Å². The molecular weight excluding hydrogens is 240 g/mol. The van der Waals surface area contributed by atoms with Crippen LogP contribution in [0, 0.1) is 6.92 Å². The lowest BCUT2D eigenvalue weighted by molar-refractivity contribution is 0.0993. The van der Waals surface area contributed by atoms with Crippen LogP contribution in [0.15, 0.2) is 42.7 Å². The van der Waals surface area contributed by atoms with Crippen molar-refractivity contribution < 1.29 is 9.53 Å². The Morgan fingerprint density at radius 1 is 1.32 bits per heavy atom. The summed E-state index contributed by atoms with van der Waals surface area (Å²) in [7, 11) is 3.35. The molecule has 1 amide bonds. The van der Waals surface area contributed by atoms with E-state index in [2.05, 4.69) is 4.98 Å². The first-order valence-electron chi connectivity index (χ1n) is 5.96. The number of nitrogens with zero attached hydrogens (tertiary/aromatic N) is 2. The summed E-state index contributed by atoms with van der Waals surface area (Å²) in [6, 6.07) is 9.05. The van der Waals surface area contributed by atoms with Gasteiger partial charge in [-0.1, -0.05) is 0 Å². The highest BCUT2D eigenvalue weighted by Gasteiger charge is 2.14. The molecule has 1 aromatic heterocycles. The largest absolute Gasteiger partial charge is 0.496 e. The Bertz CT molecular complexity index is 582. The van der Waals surface area contributed by atoms with Gasteiger partial charge in [-0.2, -0.15) is 0 Å². The van der Waals surface area contributed by atoms with Crippen LogP contribution in [0.25, 0.3) is 0 Å². The smallest absolute Gasteiger partial charge is 0.258 e. The van der Waals surface area contributed by atoms with Crippen LogP contribution in [0.2, 0.25) is 0 Å². The van der Waals surface area contributed by atoms with E-state index in [9.17, 15) is 4.79 Å². The molecule has 0 saturated heterocycles. The molecule has 4 nitrogen and oxygen atoms in total. The predicted molar refractivity (Wildman–Crippen MR) is 74.7 cm³/mol. The Balaban J connectivity index is 2.27. The summed E-state index contributed by atoms with van der Waals surface area (Å²) in [6.07, 6.45) is 3.34. The molecule has 19 heavy (non-hydrogen) atoms. The number of aromatic nitrogens is 1. The number of anilines is 1. The summed E-state index contributed by atoms with van der Waals surface area (Å²) >= 11 is 0. The Labute approximate surface area is 112 Å². The summed E-state index contributed by atoms with van der Waals surface area (Å²) in [5.41, 5.74) is 2.33. The third-order valence-electron chi connectivity index (χ3n) is 2.98. The summed E-state index contributed by atoms with van der Waals surface area (Å²) in [5.74, 6) is 0.708. The lowest BCUT2D eigenvalue weighted by Gasteiger charge is -2.17. The van der Waals surface area contributed by atoms with Gasteiger partial charge in [0.15, 0.2) is 0 Å². The molecule has 4 heteroatoms. The molecule has 1 aromatic carbocycles. The maximum Gasteiger partial charge on any atom is 0.258 e. The first kappa shape index (κ1) is 13.1. The SMILES string of the molecule is COc1ccc(C(=O)N(C)c2cccnc2)cc1C. The number of benzene rings is 1. The Morgan fingerprint density at radius 3 is 2.68 bits per heavy atom. The molecule has 98 valence electrons. The van der Waals surface area contributed by atoms with Gasteiger partial charge in [0.05, 0.1) is 19.0 Å². The summed E-state index contributed by atoms with van der Waals surface area (Å²) in [5, 5.41) is 0. The number of hydrogen-bond acceptors (Lipinski definition) is 3. The van der Waals surface area contributed by atoms with Crippen molar-refractivity contribution in [2.75, 3.05) is 19.1 Å². The van der Waals surface area contributed by atoms with Crippen molar-refractivity contribution in [3.05, 3.63) is 53.9 Å². The topological polar surface area (TPSA) is 42.4 Å². The molecule has 2 rings (SSSR count). The molecule has 0 aliphatic carbocycles. The predicted octanol–water partition coefficient (Wildman–Crippen LogP) is 2.68. The number of aryl methyl sites for hydroxylation is 1. The highest BCUT2D eigenvalue weighted by molar-refractivity contribution is 6.05. The third-order valence-corrected chi connectivity index (χ3v) is 2.98. The minimum atomic E-state index is -0.0706. The van der Waals surface area contributed by atoms with Crippen LogP contribution >= 0.6 is 0 Å². The molecule has 0 radical (unpaired) electrons. The number of amides is 1. The Hall–Kier alpha value is -2.36. The quantitative estimate of drug-likeness (QED) is 0.848. The molecule has 0 atom stereocenters. The van der Waals surface area contributed by atoms with Crippen molar-refractivity contribution in [1.82, 2.24) is 4.98 Å². The van der Waals surface area contributed by atoms with E-state index >= 15 is 0 Å². The normalized spacial score (nSPS) is 10.1. The second-order valence-corrected chi connectivity index (χ2v) is 4.26. The number of ether oxygens (including phenoxy) is 1. The second kappa shape index (κ2) is 5.52. The van der Waals surface area contributed by atoms with Gasteiger partial charge in [-0.05, 0) is 42.8 Å². The zero-order valence-corrected chi connectivity index (χ0v) is 11.3. The lowest BCUT2D eigenvalue weighted by Crippen LogP contribution is -2.26. The highest BCUT2D eigenvalue weighted by atomic mass is 16.5. The van der Waals surface area contributed by atoms with Crippen molar-refractivity contribution in [2.45, 2.75) is 6.92 Å². The zero-order chi connectivity index (χ0) is 13.8. The van der Waals surface area contributed by atoms with Crippen molar-refractivity contribution in [3.63, 3.8) is 0 Å². The fourth-order valence-corrected chi connectivity index (χ4v) is 1.87. The summed E-state index contributed by atoms with van der Waals surface area (Å²) in [6.45, 7) is 1.92. The molecule has 0 saturated carbocycles. The monoisotopic (exact) mass is 256 g/mol. The molecule has 0 N–H and O–H groups in total. The number of carbonyl (C=O) groups excluding carboxylic acids is 1. The molecule has 0 aliphatic rings. The number of hydrogen-bond donors (Lipinski definition) is 0. The minimum absolute atomic E-state index is 0.0706. The lowest BCUT2D eigenvalue weighted by atomic mass is 10.1. The van der Waals surface area contributed by atoms with E-state index in [4.69, 9.17) is 4.74 Å². The van der Waals surface area contributed by atoms with Gasteiger partial charge in [0.1, 0.15) is 5.75 Å². The van der Waals surface area contributed by atoms with Crippen LogP contribution < -0.4 is 9.64 Å². The second-order valence-electron chi connectivity index (χ2n) is 4.26. The molecule has 2 aromatic rings. The molecule has 0 spiro atoms. The zero-order valence-electron chi connectivity index (χ0n) is 11.3. The average molecular weight is 256 g/mol. The number of carbonyl (C=O) groups is 1. The van der Waals surface area contributed by atoms with E-state index in [1.54, 1.807) is 49.7 Å². The van der Waals surface area contributed by atoms with Gasteiger partial charge in [-0.15, -0.1) is 0 Å². The molecule has 0 bridgehead atoms. The average Bonchev–Trinajstić information content (AvgIpc) is 2.46. The van der Waals surface area contributed by atoms with Gasteiger partial charge >= 0.3 is 0 Å². The standard InChI is InChI=1S/C15H16N2O2/c1-11-9-12(6-7-14(11)19-3)15(18)17(2)13-5-4-8-16-10-13/h4-10H,1-3H3. The first-order valence-corrected chi connectivity index (χ1v) is 5.96. The van der Waals surface area contributed by atoms with Crippen molar-refractivity contribution in [3.8, 4) is 5.75 Å². The van der Waals surface area contributed by atoms with Gasteiger partial charge in [-0.25, -0.2) is 0 Å². The molecular formula is C15H16N2O2. The summed E-state index contributed by atoms with van der Waals surface area (Å²) < 4.78 is 5.19. The Kier molecular flexibility index (Phi) is 3.80. The molecule has 0 fully saturated rings. The van der Waals surface area contributed by atoms with Gasteiger partial charge in [0.25, 0.3) is 5.91 Å². The highest BCUT2D eigenvalue weighted by Crippen LogP contribution is 2.20. The van der Waals surface area contributed by atoms with E-state index in [1.807, 2.05) is 19.1 Å². The number of methoxy groups -OCH3 is 1. The van der Waals surface area contributed by atoms with E-state index in [0.29, 0.717) is 5.56 Å². The van der Waals surface area contributed by atoms with Crippen LogP contribution in [0.5, 0.6) is 5.75 Å². The molecule has 1 heterocycles. The van der Waals surface area contributed by atoms with Gasteiger partial charge < -0.3 is 9.64 Å². The fourth-order valence-electron chi connectivity index (χ4n) is 1.87. The first-order chi connectivity index (χ1) is 9.13. The number of rotatable bonds is 3. The van der Waals surface area contributed by atoms with Crippen LogP contribution in [0.3, 0.4) is 0 Å². The van der Waals surface area contributed by atoms with Gasteiger partial charge in [0, 0.05) is 18.8 Å². The van der Waals surface area contributed by atoms with Crippen LogP contribution in [-0.4, -0.2) is 25.0 Å². The molecule has 0 unspecified atom stereocenters. The van der Waals surface area contributed by atoms with Gasteiger partial charge in [0.2, 0.25) is 0 Å². The summed E-state index contributed by atoms with van der Waals surface area (Å²) in [4.78, 5) is 17.9. The van der Waals surface area contributed by atoms with E-state index in [0.717, 1.165) is 17.0 Å². The van der Waals surface area contributed by atoms with Crippen molar-refractivity contribution >= 4 is 11.6 Å². The maximum atomic E-state index is 12.4. The van der Waals surface area contributed by atoms with Gasteiger partial charge in [-0.3, -0.25) is 9.78 Å². The van der Waals surface area contributed by atoms with Crippen LogP contribution in [-0.2, 0) is 0 Å². The fraction of sp³-hybridized carbons (Fsp3) is 0.200. The van der Waals surface area contributed by atoms with Crippen molar-refractivity contribution in [1.29, 1.82) is 0 Å². The van der Waals surface area contributed by atoms with E-state index < -0.39 is 0 Å². The number of pyridine rings is 1. The Morgan fingerprint density at radius 2 is 2.11 bits per heavy atom. The van der Waals surface area contributed by atoms with E-state index in [1.165, 1.54) is 0 Å². The third kappa shape index (κ3) is 2.73. The molecule has 0 aliphatic heterocycles. The maximum absolute atomic E-state index is 12.4. The minimum Gasteiger partial charge on any atom is -0.496 e. The van der Waals surface area contributed by atoms with E-state index in [-0.39, 0.29) is 5.91 Å². The van der Waals surface area contributed by atoms with Crippen molar-refractivity contribution in [2.24, 2.45) is 0 Å².